The van der Waals surface area contributed by atoms with Gasteiger partial charge < -0.3 is 10.4 Å². The second kappa shape index (κ2) is 10.2. The zero-order chi connectivity index (χ0) is 23.3. The minimum Gasteiger partial charge on any atom is -0.394 e. The van der Waals surface area contributed by atoms with Gasteiger partial charge in [-0.3, -0.25) is 9.71 Å². The molecule has 0 fully saturated rings. The maximum Gasteiger partial charge on any atom is 0.241 e. The van der Waals surface area contributed by atoms with E-state index in [1.54, 1.807) is 0 Å². The summed E-state index contributed by atoms with van der Waals surface area (Å²) in [5, 5.41) is 13.8. The Kier molecular flexibility index (Phi) is 7.57. The van der Waals surface area contributed by atoms with Crippen LogP contribution in [0.15, 0.2) is 36.5 Å². The second-order valence-corrected chi connectivity index (χ2v) is 10.2. The van der Waals surface area contributed by atoms with Crippen molar-refractivity contribution in [3.8, 4) is 0 Å². The second-order valence-electron chi connectivity index (χ2n) is 8.49. The van der Waals surface area contributed by atoms with Crippen LogP contribution in [0.5, 0.6) is 0 Å². The first-order valence-electron chi connectivity index (χ1n) is 10.6. The molecule has 1 unspecified atom stereocenters. The van der Waals surface area contributed by atoms with Crippen molar-refractivity contribution in [2.45, 2.75) is 45.6 Å². The predicted octanol–water partition coefficient (Wildman–Crippen LogP) is 2.96. The van der Waals surface area contributed by atoms with Gasteiger partial charge in [0.15, 0.2) is 0 Å². The van der Waals surface area contributed by atoms with E-state index in [4.69, 9.17) is 0 Å². The average Bonchev–Trinajstić information content (AvgIpc) is 2.71. The van der Waals surface area contributed by atoms with Crippen LogP contribution in [0.25, 0.3) is 10.9 Å². The first kappa shape index (κ1) is 23.8. The number of nitrogens with one attached hydrogen (secondary N) is 2. The van der Waals surface area contributed by atoms with Crippen LogP contribution in [0.2, 0.25) is 0 Å². The van der Waals surface area contributed by atoms with E-state index in [0.717, 1.165) is 22.7 Å². The highest BCUT2D eigenvalue weighted by molar-refractivity contribution is 7.91. The van der Waals surface area contributed by atoms with Gasteiger partial charge in [0.1, 0.15) is 5.82 Å². The number of aliphatic hydroxyl groups is 1. The van der Waals surface area contributed by atoms with Gasteiger partial charge in [-0.15, -0.1) is 0 Å². The van der Waals surface area contributed by atoms with Crippen molar-refractivity contribution in [3.05, 3.63) is 47.9 Å². The van der Waals surface area contributed by atoms with Gasteiger partial charge in [-0.1, -0.05) is 39.0 Å². The number of anilines is 2. The fraction of sp³-hybridized carbons (Fsp3) is 0.455. The lowest BCUT2D eigenvalue weighted by atomic mass is 9.98. The van der Waals surface area contributed by atoms with Crippen LogP contribution in [0.1, 0.15) is 44.5 Å². The molecule has 2 atom stereocenters. The van der Waals surface area contributed by atoms with E-state index < -0.39 is 10.0 Å². The summed E-state index contributed by atoms with van der Waals surface area (Å²) in [4.78, 5) is 17.5. The normalized spacial score (nSPS) is 13.8. The van der Waals surface area contributed by atoms with Gasteiger partial charge in [0.25, 0.3) is 0 Å². The Morgan fingerprint density at radius 3 is 2.47 bits per heavy atom. The van der Waals surface area contributed by atoms with Gasteiger partial charge >= 0.3 is 0 Å². The summed E-state index contributed by atoms with van der Waals surface area (Å²) in [7, 11) is -3.56. The minimum atomic E-state index is -3.56. The molecule has 0 bridgehead atoms. The van der Waals surface area contributed by atoms with E-state index in [1.165, 1.54) is 0 Å². The summed E-state index contributed by atoms with van der Waals surface area (Å²) in [5.41, 5.74) is 1.96. The standard InChI is InChI=1S/C22H30N6O3S/c1-14(2)9-18(13-29)24-21-25-20(26-22(27-21)28-32(4,30)31)10-15(3)17-11-16-7-5-6-8-19(16)23-12-17/h5-8,11-12,14-15,18,29H,9-10,13H2,1-4H3,(H2,24,25,26,27,28)/t15?,18-/m1/s1. The Hall–Kier alpha value is -2.85. The summed E-state index contributed by atoms with van der Waals surface area (Å²) < 4.78 is 25.8. The number of sulfonamides is 1. The molecular formula is C22H30N6O3S. The highest BCUT2D eigenvalue weighted by Gasteiger charge is 2.17. The molecule has 1 aromatic carbocycles. The topological polar surface area (TPSA) is 130 Å². The number of nitrogens with zero attached hydrogens (tertiary/aromatic N) is 4. The maximum absolute atomic E-state index is 11.7. The molecule has 2 aromatic heterocycles. The number of para-hydroxylation sites is 1. The quantitative estimate of drug-likeness (QED) is 0.423. The van der Waals surface area contributed by atoms with Crippen LogP contribution in [-0.4, -0.2) is 52.4 Å². The highest BCUT2D eigenvalue weighted by Crippen LogP contribution is 2.23. The summed E-state index contributed by atoms with van der Waals surface area (Å²) >= 11 is 0. The van der Waals surface area contributed by atoms with E-state index in [2.05, 4.69) is 49.9 Å². The molecule has 0 saturated heterocycles. The number of pyridine rings is 1. The van der Waals surface area contributed by atoms with Crippen molar-refractivity contribution >= 4 is 32.8 Å². The molecule has 0 aliphatic rings. The van der Waals surface area contributed by atoms with Gasteiger partial charge in [-0.25, -0.2) is 8.42 Å². The van der Waals surface area contributed by atoms with Gasteiger partial charge in [-0.2, -0.15) is 15.0 Å². The fourth-order valence-corrected chi connectivity index (χ4v) is 3.89. The monoisotopic (exact) mass is 458 g/mol. The van der Waals surface area contributed by atoms with Crippen LogP contribution >= 0.6 is 0 Å². The van der Waals surface area contributed by atoms with Gasteiger partial charge in [0.2, 0.25) is 21.9 Å². The molecule has 0 amide bonds. The highest BCUT2D eigenvalue weighted by atomic mass is 32.2. The fourth-order valence-electron chi connectivity index (χ4n) is 3.47. The van der Waals surface area contributed by atoms with E-state index in [0.29, 0.717) is 24.6 Å². The van der Waals surface area contributed by atoms with Crippen molar-refractivity contribution in [2.75, 3.05) is 22.9 Å². The average molecular weight is 459 g/mol. The Morgan fingerprint density at radius 2 is 1.78 bits per heavy atom. The summed E-state index contributed by atoms with van der Waals surface area (Å²) in [6.07, 6.45) is 4.06. The van der Waals surface area contributed by atoms with Crippen LogP contribution in [0.4, 0.5) is 11.9 Å². The third-order valence-corrected chi connectivity index (χ3v) is 5.49. The first-order chi connectivity index (χ1) is 15.1. The molecule has 3 aromatic rings. The van der Waals surface area contributed by atoms with Crippen LogP contribution in [0, 0.1) is 5.92 Å². The number of fused-ring (bicyclic) bond motifs is 1. The lowest BCUT2D eigenvalue weighted by Crippen LogP contribution is -2.27. The van der Waals surface area contributed by atoms with Crippen LogP contribution in [0.3, 0.4) is 0 Å². The van der Waals surface area contributed by atoms with Crippen LogP contribution < -0.4 is 10.0 Å². The molecule has 2 heterocycles. The molecule has 10 heteroatoms. The Bertz CT molecular complexity index is 1170. The molecule has 0 aliphatic heterocycles. The summed E-state index contributed by atoms with van der Waals surface area (Å²) in [5.74, 6) is 1.01. The van der Waals surface area contributed by atoms with E-state index in [1.807, 2.05) is 37.4 Å². The lowest BCUT2D eigenvalue weighted by Gasteiger charge is -2.19. The molecule has 0 saturated carbocycles. The van der Waals surface area contributed by atoms with E-state index >= 15 is 0 Å². The molecular weight excluding hydrogens is 428 g/mol. The Labute approximate surface area is 188 Å². The third-order valence-electron chi connectivity index (χ3n) is 4.94. The largest absolute Gasteiger partial charge is 0.394 e. The van der Waals surface area contributed by atoms with Gasteiger partial charge in [0, 0.05) is 18.0 Å². The van der Waals surface area contributed by atoms with Crippen molar-refractivity contribution < 1.29 is 13.5 Å². The number of hydrogen-bond acceptors (Lipinski definition) is 8. The predicted molar refractivity (Wildman–Crippen MR) is 126 cm³/mol. The van der Waals surface area contributed by atoms with Crippen molar-refractivity contribution in [1.29, 1.82) is 0 Å². The number of rotatable bonds is 10. The molecule has 9 nitrogen and oxygen atoms in total. The minimum absolute atomic E-state index is 0.0396. The number of benzene rings is 1. The Morgan fingerprint density at radius 1 is 1.06 bits per heavy atom. The van der Waals surface area contributed by atoms with E-state index in [9.17, 15) is 13.5 Å². The smallest absolute Gasteiger partial charge is 0.241 e. The molecule has 32 heavy (non-hydrogen) atoms. The van der Waals surface area contributed by atoms with Crippen LogP contribution in [-0.2, 0) is 16.4 Å². The van der Waals surface area contributed by atoms with E-state index in [-0.39, 0.29) is 30.5 Å². The van der Waals surface area contributed by atoms with Gasteiger partial charge in [-0.05, 0) is 36.0 Å². The van der Waals surface area contributed by atoms with Crippen molar-refractivity contribution in [3.63, 3.8) is 0 Å². The number of hydrogen-bond donors (Lipinski definition) is 3. The van der Waals surface area contributed by atoms with Crippen molar-refractivity contribution in [2.24, 2.45) is 5.92 Å². The maximum atomic E-state index is 11.7. The zero-order valence-electron chi connectivity index (χ0n) is 18.8. The zero-order valence-corrected chi connectivity index (χ0v) is 19.6. The SMILES string of the molecule is CC(C)C[C@H](CO)Nc1nc(CC(C)c2cnc3ccccc3c2)nc(NS(C)(=O)=O)n1. The third kappa shape index (κ3) is 6.83. The molecule has 3 N–H and O–H groups in total. The van der Waals surface area contributed by atoms with Crippen molar-refractivity contribution in [1.82, 2.24) is 19.9 Å². The van der Waals surface area contributed by atoms with Gasteiger partial charge in [0.05, 0.1) is 24.4 Å². The number of aromatic nitrogens is 4. The molecule has 172 valence electrons. The lowest BCUT2D eigenvalue weighted by molar-refractivity contribution is 0.259. The Balaban J connectivity index is 1.87. The first-order valence-corrected chi connectivity index (χ1v) is 12.5. The molecule has 3 rings (SSSR count). The number of aliphatic hydroxyl groups excluding tert-OH is 1. The molecule has 0 aliphatic carbocycles. The summed E-state index contributed by atoms with van der Waals surface area (Å²) in [6, 6.07) is 9.74. The summed E-state index contributed by atoms with van der Waals surface area (Å²) in [6.45, 7) is 6.06. The molecule has 0 radical (unpaired) electrons. The molecule has 0 spiro atoms.